The third-order valence-electron chi connectivity index (χ3n) is 4.39. The Morgan fingerprint density at radius 2 is 1.38 bits per heavy atom. The molecule has 0 saturated carbocycles. The molecule has 0 aliphatic rings. The quantitative estimate of drug-likeness (QED) is 0.430. The fourth-order valence-corrected chi connectivity index (χ4v) is 3.42. The summed E-state index contributed by atoms with van der Waals surface area (Å²) in [5.74, 6) is 0. The molecular formula is C23H19N. The molecule has 0 spiro atoms. The molecule has 1 nitrogen and oxygen atoms in total. The Morgan fingerprint density at radius 3 is 2.12 bits per heavy atom. The van der Waals surface area contributed by atoms with E-state index in [4.69, 9.17) is 4.98 Å². The first-order valence-electron chi connectivity index (χ1n) is 8.24. The van der Waals surface area contributed by atoms with Gasteiger partial charge in [0.2, 0.25) is 0 Å². The summed E-state index contributed by atoms with van der Waals surface area (Å²) >= 11 is 0. The number of benzene rings is 3. The topological polar surface area (TPSA) is 12.9 Å². The van der Waals surface area contributed by atoms with Crippen molar-refractivity contribution in [2.45, 2.75) is 13.8 Å². The van der Waals surface area contributed by atoms with Gasteiger partial charge >= 0.3 is 0 Å². The average molecular weight is 309 g/mol. The minimum absolute atomic E-state index is 1.05. The summed E-state index contributed by atoms with van der Waals surface area (Å²) in [6.45, 7) is 4.27. The lowest BCUT2D eigenvalue weighted by atomic mass is 9.95. The summed E-state index contributed by atoms with van der Waals surface area (Å²) in [5.41, 5.74) is 7.26. The Morgan fingerprint density at radius 1 is 0.625 bits per heavy atom. The third kappa shape index (κ3) is 2.59. The molecule has 0 unspecified atom stereocenters. The van der Waals surface area contributed by atoms with E-state index in [0.29, 0.717) is 0 Å². The molecule has 0 aliphatic carbocycles. The first-order chi connectivity index (χ1) is 11.7. The van der Waals surface area contributed by atoms with E-state index in [1.54, 1.807) is 0 Å². The van der Waals surface area contributed by atoms with Crippen molar-refractivity contribution in [3.8, 4) is 22.4 Å². The van der Waals surface area contributed by atoms with E-state index >= 15 is 0 Å². The van der Waals surface area contributed by atoms with Crippen LogP contribution in [-0.4, -0.2) is 4.98 Å². The van der Waals surface area contributed by atoms with Gasteiger partial charge in [-0.3, -0.25) is 4.98 Å². The number of aryl methyl sites for hydroxylation is 2. The second-order valence-electron chi connectivity index (χ2n) is 6.30. The Balaban J connectivity index is 1.99. The zero-order valence-corrected chi connectivity index (χ0v) is 14.0. The smallest absolute Gasteiger partial charge is 0.0780 e. The van der Waals surface area contributed by atoms with Crippen LogP contribution in [0.5, 0.6) is 0 Å². The molecule has 0 amide bonds. The first-order valence-corrected chi connectivity index (χ1v) is 8.24. The van der Waals surface area contributed by atoms with Crippen LogP contribution in [0.25, 0.3) is 33.2 Å². The van der Waals surface area contributed by atoms with Crippen molar-refractivity contribution >= 4 is 10.8 Å². The fraction of sp³-hybridized carbons (Fsp3) is 0.0870. The summed E-state index contributed by atoms with van der Waals surface area (Å²) in [5, 5.41) is 2.44. The zero-order valence-electron chi connectivity index (χ0n) is 14.0. The number of aromatic nitrogens is 1. The summed E-state index contributed by atoms with van der Waals surface area (Å²) in [6, 6.07) is 25.7. The second kappa shape index (κ2) is 5.93. The van der Waals surface area contributed by atoms with E-state index in [0.717, 1.165) is 5.69 Å². The number of rotatable bonds is 2. The van der Waals surface area contributed by atoms with Gasteiger partial charge in [-0.1, -0.05) is 65.7 Å². The van der Waals surface area contributed by atoms with Crippen LogP contribution in [0.3, 0.4) is 0 Å². The monoisotopic (exact) mass is 309 g/mol. The lowest BCUT2D eigenvalue weighted by molar-refractivity contribution is 1.32. The molecule has 0 radical (unpaired) electrons. The highest BCUT2D eigenvalue weighted by Crippen LogP contribution is 2.33. The van der Waals surface area contributed by atoms with E-state index in [1.807, 2.05) is 6.20 Å². The maximum Gasteiger partial charge on any atom is 0.0780 e. The first kappa shape index (κ1) is 14.6. The van der Waals surface area contributed by atoms with Crippen molar-refractivity contribution in [2.24, 2.45) is 0 Å². The Bertz CT molecular complexity index is 996. The standard InChI is InChI=1S/C23H19N/c1-16-13-17(2)15-19(14-16)23-22-10-6-9-20(21(22)11-12-24-23)18-7-4-3-5-8-18/h3-15H,1-2H3. The maximum absolute atomic E-state index is 4.69. The molecule has 4 aromatic rings. The van der Waals surface area contributed by atoms with E-state index in [-0.39, 0.29) is 0 Å². The summed E-state index contributed by atoms with van der Waals surface area (Å²) in [6.07, 6.45) is 1.92. The summed E-state index contributed by atoms with van der Waals surface area (Å²) in [4.78, 5) is 4.69. The van der Waals surface area contributed by atoms with E-state index in [9.17, 15) is 0 Å². The number of hydrogen-bond donors (Lipinski definition) is 0. The van der Waals surface area contributed by atoms with Gasteiger partial charge < -0.3 is 0 Å². The minimum Gasteiger partial charge on any atom is -0.256 e. The summed E-state index contributed by atoms with van der Waals surface area (Å²) in [7, 11) is 0. The van der Waals surface area contributed by atoms with Crippen LogP contribution in [0.1, 0.15) is 11.1 Å². The van der Waals surface area contributed by atoms with E-state index in [2.05, 4.69) is 86.6 Å². The second-order valence-corrected chi connectivity index (χ2v) is 6.30. The lowest BCUT2D eigenvalue weighted by Crippen LogP contribution is -1.90. The van der Waals surface area contributed by atoms with Gasteiger partial charge in [-0.2, -0.15) is 0 Å². The molecule has 3 aromatic carbocycles. The Kier molecular flexibility index (Phi) is 3.62. The van der Waals surface area contributed by atoms with Crippen LogP contribution in [0, 0.1) is 13.8 Å². The van der Waals surface area contributed by atoms with Crippen molar-refractivity contribution < 1.29 is 0 Å². The van der Waals surface area contributed by atoms with Crippen molar-refractivity contribution in [1.82, 2.24) is 4.98 Å². The molecule has 0 fully saturated rings. The maximum atomic E-state index is 4.69. The number of pyridine rings is 1. The SMILES string of the molecule is Cc1cc(C)cc(-c2nccc3c(-c4ccccc4)cccc23)c1. The van der Waals surface area contributed by atoms with Crippen molar-refractivity contribution in [3.63, 3.8) is 0 Å². The fourth-order valence-electron chi connectivity index (χ4n) is 3.42. The molecule has 0 atom stereocenters. The van der Waals surface area contributed by atoms with Gasteiger partial charge in [-0.15, -0.1) is 0 Å². The third-order valence-corrected chi connectivity index (χ3v) is 4.39. The molecule has 116 valence electrons. The highest BCUT2D eigenvalue weighted by molar-refractivity contribution is 6.03. The molecule has 0 aliphatic heterocycles. The van der Waals surface area contributed by atoms with Crippen molar-refractivity contribution in [1.29, 1.82) is 0 Å². The van der Waals surface area contributed by atoms with Crippen LogP contribution < -0.4 is 0 Å². The van der Waals surface area contributed by atoms with Gasteiger partial charge in [-0.25, -0.2) is 0 Å². The van der Waals surface area contributed by atoms with Gasteiger partial charge in [0.15, 0.2) is 0 Å². The average Bonchev–Trinajstić information content (AvgIpc) is 2.60. The largest absolute Gasteiger partial charge is 0.256 e. The van der Waals surface area contributed by atoms with Gasteiger partial charge in [0.1, 0.15) is 0 Å². The Hall–Kier alpha value is -2.93. The van der Waals surface area contributed by atoms with Crippen LogP contribution >= 0.6 is 0 Å². The van der Waals surface area contributed by atoms with Crippen LogP contribution in [0.15, 0.2) is 79.0 Å². The molecule has 1 heteroatoms. The molecule has 4 rings (SSSR count). The molecule has 24 heavy (non-hydrogen) atoms. The molecule has 0 saturated heterocycles. The molecular weight excluding hydrogens is 290 g/mol. The summed E-state index contributed by atoms with van der Waals surface area (Å²) < 4.78 is 0. The molecule has 0 bridgehead atoms. The van der Waals surface area contributed by atoms with E-state index in [1.165, 1.54) is 38.6 Å². The van der Waals surface area contributed by atoms with Crippen LogP contribution in [0.4, 0.5) is 0 Å². The molecule has 0 N–H and O–H groups in total. The zero-order chi connectivity index (χ0) is 16.5. The predicted molar refractivity (Wildman–Crippen MR) is 102 cm³/mol. The predicted octanol–water partition coefficient (Wildman–Crippen LogP) is 6.19. The van der Waals surface area contributed by atoms with Crippen molar-refractivity contribution in [2.75, 3.05) is 0 Å². The van der Waals surface area contributed by atoms with Gasteiger partial charge in [0.05, 0.1) is 5.69 Å². The molecule has 1 heterocycles. The van der Waals surface area contributed by atoms with Crippen molar-refractivity contribution in [3.05, 3.63) is 90.1 Å². The number of nitrogens with zero attached hydrogens (tertiary/aromatic N) is 1. The van der Waals surface area contributed by atoms with Crippen LogP contribution in [-0.2, 0) is 0 Å². The van der Waals surface area contributed by atoms with Gasteiger partial charge in [-0.05, 0) is 48.6 Å². The normalized spacial score (nSPS) is 10.9. The highest BCUT2D eigenvalue weighted by Gasteiger charge is 2.10. The lowest BCUT2D eigenvalue weighted by Gasteiger charge is -2.11. The van der Waals surface area contributed by atoms with E-state index < -0.39 is 0 Å². The number of fused-ring (bicyclic) bond motifs is 1. The Labute approximate surface area is 142 Å². The highest BCUT2D eigenvalue weighted by atomic mass is 14.7. The van der Waals surface area contributed by atoms with Gasteiger partial charge in [0, 0.05) is 17.1 Å². The minimum atomic E-state index is 1.05. The number of hydrogen-bond acceptors (Lipinski definition) is 1. The van der Waals surface area contributed by atoms with Crippen LogP contribution in [0.2, 0.25) is 0 Å². The van der Waals surface area contributed by atoms with Gasteiger partial charge in [0.25, 0.3) is 0 Å². The molecule has 1 aromatic heterocycles.